The zero-order chi connectivity index (χ0) is 24.0. The van der Waals surface area contributed by atoms with Crippen LogP contribution in [0.15, 0.2) is 29.4 Å². The van der Waals surface area contributed by atoms with E-state index in [1.165, 1.54) is 23.1 Å². The minimum absolute atomic E-state index is 0.155. The van der Waals surface area contributed by atoms with Gasteiger partial charge in [0.25, 0.3) is 0 Å². The van der Waals surface area contributed by atoms with E-state index in [0.29, 0.717) is 40.1 Å². The number of rotatable bonds is 11. The van der Waals surface area contributed by atoms with Crippen molar-refractivity contribution in [2.45, 2.75) is 64.1 Å². The molecule has 2 atom stereocenters. The van der Waals surface area contributed by atoms with Crippen molar-refractivity contribution in [1.29, 1.82) is 0 Å². The highest BCUT2D eigenvalue weighted by Crippen LogP contribution is 2.32. The normalized spacial score (nSPS) is 13.1. The van der Waals surface area contributed by atoms with E-state index in [0.717, 1.165) is 11.4 Å². The minimum atomic E-state index is -0.396. The molecule has 3 aromatic rings. The van der Waals surface area contributed by atoms with E-state index in [2.05, 4.69) is 39.6 Å². The number of para-hydroxylation sites is 2. The first-order valence-electron chi connectivity index (χ1n) is 10.8. The SMILES string of the molecule is CCc1nnc(NC(=O)C(C)Sc2nnc(C(C)Oc3ccccc3OC)n2CC(C)C)s1. The molecule has 33 heavy (non-hydrogen) atoms. The number of methoxy groups -OCH3 is 1. The monoisotopic (exact) mass is 490 g/mol. The average Bonchev–Trinajstić information content (AvgIpc) is 3.40. The molecule has 0 saturated heterocycles. The predicted molar refractivity (Wildman–Crippen MR) is 130 cm³/mol. The summed E-state index contributed by atoms with van der Waals surface area (Å²) in [6.07, 6.45) is 0.425. The molecule has 11 heteroatoms. The number of anilines is 1. The van der Waals surface area contributed by atoms with Gasteiger partial charge in [0.1, 0.15) is 5.01 Å². The maximum absolute atomic E-state index is 12.7. The van der Waals surface area contributed by atoms with Gasteiger partial charge in [-0.2, -0.15) is 0 Å². The topological polar surface area (TPSA) is 104 Å². The second kappa shape index (κ2) is 11.5. The van der Waals surface area contributed by atoms with Gasteiger partial charge in [-0.15, -0.1) is 20.4 Å². The molecule has 1 aromatic carbocycles. The Kier molecular flexibility index (Phi) is 8.67. The van der Waals surface area contributed by atoms with Crippen molar-refractivity contribution >= 4 is 34.1 Å². The van der Waals surface area contributed by atoms with E-state index in [1.807, 2.05) is 49.6 Å². The molecular formula is C22H30N6O3S2. The van der Waals surface area contributed by atoms with Gasteiger partial charge in [0.2, 0.25) is 11.0 Å². The van der Waals surface area contributed by atoms with Crippen molar-refractivity contribution in [2.75, 3.05) is 12.4 Å². The highest BCUT2D eigenvalue weighted by Gasteiger charge is 2.25. The quantitative estimate of drug-likeness (QED) is 0.389. The van der Waals surface area contributed by atoms with Crippen LogP contribution >= 0.6 is 23.1 Å². The van der Waals surface area contributed by atoms with Crippen molar-refractivity contribution in [3.05, 3.63) is 35.1 Å². The Balaban J connectivity index is 1.76. The summed E-state index contributed by atoms with van der Waals surface area (Å²) in [5.74, 6) is 2.19. The Morgan fingerprint density at radius 1 is 1.12 bits per heavy atom. The van der Waals surface area contributed by atoms with Gasteiger partial charge < -0.3 is 14.0 Å². The van der Waals surface area contributed by atoms with E-state index in [1.54, 1.807) is 7.11 Å². The van der Waals surface area contributed by atoms with Gasteiger partial charge in [0.15, 0.2) is 28.6 Å². The summed E-state index contributed by atoms with van der Waals surface area (Å²) in [6, 6.07) is 7.50. The highest BCUT2D eigenvalue weighted by atomic mass is 32.2. The average molecular weight is 491 g/mol. The molecule has 0 aliphatic heterocycles. The molecule has 0 spiro atoms. The minimum Gasteiger partial charge on any atom is -0.493 e. The number of nitrogens with zero attached hydrogens (tertiary/aromatic N) is 5. The molecule has 1 N–H and O–H groups in total. The number of hydrogen-bond donors (Lipinski definition) is 1. The zero-order valence-corrected chi connectivity index (χ0v) is 21.4. The molecule has 3 rings (SSSR count). The number of thioether (sulfide) groups is 1. The Labute approximate surface area is 202 Å². The molecule has 0 bridgehead atoms. The lowest BCUT2D eigenvalue weighted by molar-refractivity contribution is -0.115. The number of carbonyl (C=O) groups is 1. The van der Waals surface area contributed by atoms with Crippen molar-refractivity contribution in [3.8, 4) is 11.5 Å². The number of nitrogens with one attached hydrogen (secondary N) is 1. The van der Waals surface area contributed by atoms with Crippen LogP contribution in [-0.2, 0) is 17.8 Å². The van der Waals surface area contributed by atoms with Crippen molar-refractivity contribution in [1.82, 2.24) is 25.0 Å². The fraction of sp³-hybridized carbons (Fsp3) is 0.500. The third-order valence-corrected chi connectivity index (χ3v) is 6.74. The number of aromatic nitrogens is 5. The fourth-order valence-corrected chi connectivity index (χ4v) is 4.60. The molecule has 2 aromatic heterocycles. The lowest BCUT2D eigenvalue weighted by atomic mass is 10.2. The zero-order valence-electron chi connectivity index (χ0n) is 19.7. The van der Waals surface area contributed by atoms with Crippen LogP contribution < -0.4 is 14.8 Å². The Hall–Kier alpha value is -2.66. The molecule has 9 nitrogen and oxygen atoms in total. The molecule has 2 unspecified atom stereocenters. The molecule has 0 fully saturated rings. The first kappa shape index (κ1) is 25.0. The fourth-order valence-electron chi connectivity index (χ4n) is 3.05. The van der Waals surface area contributed by atoms with Crippen molar-refractivity contribution in [2.24, 2.45) is 5.92 Å². The Morgan fingerprint density at radius 3 is 2.48 bits per heavy atom. The number of benzene rings is 1. The molecule has 2 heterocycles. The van der Waals surface area contributed by atoms with Gasteiger partial charge in [0, 0.05) is 6.54 Å². The van der Waals surface area contributed by atoms with Gasteiger partial charge in [-0.05, 0) is 38.3 Å². The van der Waals surface area contributed by atoms with Gasteiger partial charge in [-0.1, -0.05) is 56.0 Å². The van der Waals surface area contributed by atoms with Crippen LogP contribution in [0.4, 0.5) is 5.13 Å². The standard InChI is InChI=1S/C22H30N6O3S2/c1-7-18-24-26-21(33-18)23-20(29)15(5)32-22-27-25-19(28(22)12-13(2)3)14(4)31-17-11-9-8-10-16(17)30-6/h8-11,13-15H,7,12H2,1-6H3,(H,23,26,29). The second-order valence-corrected chi connectivity index (χ2v) is 10.2. The molecular weight excluding hydrogens is 460 g/mol. The summed E-state index contributed by atoms with van der Waals surface area (Å²) >= 11 is 2.74. The predicted octanol–water partition coefficient (Wildman–Crippen LogP) is 4.62. The summed E-state index contributed by atoms with van der Waals surface area (Å²) in [4.78, 5) is 12.7. The summed E-state index contributed by atoms with van der Waals surface area (Å²) in [7, 11) is 1.61. The van der Waals surface area contributed by atoms with Crippen molar-refractivity contribution < 1.29 is 14.3 Å². The number of ether oxygens (including phenoxy) is 2. The van der Waals surface area contributed by atoms with Crippen LogP contribution in [0, 0.1) is 5.92 Å². The van der Waals surface area contributed by atoms with E-state index < -0.39 is 5.25 Å². The van der Waals surface area contributed by atoms with Crippen LogP contribution in [0.1, 0.15) is 51.6 Å². The van der Waals surface area contributed by atoms with Crippen LogP contribution in [0.5, 0.6) is 11.5 Å². The lowest BCUT2D eigenvalue weighted by Crippen LogP contribution is -2.23. The molecule has 0 saturated carbocycles. The number of amides is 1. The van der Waals surface area contributed by atoms with E-state index in [4.69, 9.17) is 9.47 Å². The largest absolute Gasteiger partial charge is 0.493 e. The Bertz CT molecular complexity index is 1070. The molecule has 0 aliphatic carbocycles. The van der Waals surface area contributed by atoms with E-state index in [-0.39, 0.29) is 12.0 Å². The third kappa shape index (κ3) is 6.44. The van der Waals surface area contributed by atoms with E-state index >= 15 is 0 Å². The molecule has 0 aliphatic rings. The molecule has 178 valence electrons. The summed E-state index contributed by atoms with van der Waals surface area (Å²) < 4.78 is 13.6. The highest BCUT2D eigenvalue weighted by molar-refractivity contribution is 8.00. The maximum atomic E-state index is 12.7. The second-order valence-electron chi connectivity index (χ2n) is 7.86. The first-order valence-corrected chi connectivity index (χ1v) is 12.5. The number of carbonyl (C=O) groups excluding carboxylic acids is 1. The maximum Gasteiger partial charge on any atom is 0.239 e. The summed E-state index contributed by atoms with van der Waals surface area (Å²) in [5, 5.41) is 21.4. The molecule has 1 amide bonds. The van der Waals surface area contributed by atoms with E-state index in [9.17, 15) is 4.79 Å². The van der Waals surface area contributed by atoms with Crippen LogP contribution in [0.3, 0.4) is 0 Å². The van der Waals surface area contributed by atoms with Gasteiger partial charge >= 0.3 is 0 Å². The first-order chi connectivity index (χ1) is 15.8. The van der Waals surface area contributed by atoms with Gasteiger partial charge in [-0.25, -0.2) is 0 Å². The molecule has 0 radical (unpaired) electrons. The lowest BCUT2D eigenvalue weighted by Gasteiger charge is -2.19. The van der Waals surface area contributed by atoms with Crippen LogP contribution in [0.25, 0.3) is 0 Å². The summed E-state index contributed by atoms with van der Waals surface area (Å²) in [5.41, 5.74) is 0. The number of hydrogen-bond acceptors (Lipinski definition) is 9. The number of aryl methyl sites for hydroxylation is 1. The van der Waals surface area contributed by atoms with Crippen LogP contribution in [0.2, 0.25) is 0 Å². The van der Waals surface area contributed by atoms with Gasteiger partial charge in [-0.3, -0.25) is 10.1 Å². The third-order valence-electron chi connectivity index (χ3n) is 4.68. The van der Waals surface area contributed by atoms with Crippen molar-refractivity contribution in [3.63, 3.8) is 0 Å². The van der Waals surface area contributed by atoms with Crippen LogP contribution in [-0.4, -0.2) is 43.2 Å². The Morgan fingerprint density at radius 2 is 1.85 bits per heavy atom. The summed E-state index contributed by atoms with van der Waals surface area (Å²) in [6.45, 7) is 10.7. The smallest absolute Gasteiger partial charge is 0.239 e. The van der Waals surface area contributed by atoms with Gasteiger partial charge in [0.05, 0.1) is 12.4 Å².